The molecular weight excluding hydrogens is 194 g/mol. The predicted octanol–water partition coefficient (Wildman–Crippen LogP) is 0.816. The molecule has 0 radical (unpaired) electrons. The van der Waals surface area contributed by atoms with Crippen molar-refractivity contribution >= 4 is 5.97 Å². The summed E-state index contributed by atoms with van der Waals surface area (Å²) in [5.74, 6) is -0.354. The van der Waals surface area contributed by atoms with Crippen LogP contribution in [-0.2, 0) is 9.53 Å². The van der Waals surface area contributed by atoms with E-state index in [1.807, 2.05) is 20.8 Å². The fraction of sp³-hybridized carbons (Fsp3) is 0.909. The molecule has 4 nitrogen and oxygen atoms in total. The Bertz CT molecular complexity index is 249. The average Bonchev–Trinajstić information content (AvgIpc) is 1.94. The first-order valence-corrected chi connectivity index (χ1v) is 5.34. The molecule has 0 unspecified atom stereocenters. The second-order valence-electron chi connectivity index (χ2n) is 5.55. The van der Waals surface area contributed by atoms with Crippen LogP contribution in [0.4, 0.5) is 0 Å². The lowest BCUT2D eigenvalue weighted by Gasteiger charge is -2.46. The maximum atomic E-state index is 11.6. The van der Waals surface area contributed by atoms with Gasteiger partial charge in [-0.05, 0) is 40.5 Å². The zero-order valence-electron chi connectivity index (χ0n) is 9.91. The van der Waals surface area contributed by atoms with Gasteiger partial charge in [0.05, 0.1) is 12.0 Å². The zero-order valence-corrected chi connectivity index (χ0v) is 9.91. The quantitative estimate of drug-likeness (QED) is 0.669. The van der Waals surface area contributed by atoms with Gasteiger partial charge in [0.1, 0.15) is 5.60 Å². The number of aliphatic hydroxyl groups excluding tert-OH is 1. The van der Waals surface area contributed by atoms with Gasteiger partial charge < -0.3 is 15.6 Å². The van der Waals surface area contributed by atoms with Gasteiger partial charge in [-0.3, -0.25) is 4.79 Å². The number of carbonyl (C=O) groups excluding carboxylic acids is 1. The molecule has 0 aromatic rings. The van der Waals surface area contributed by atoms with Crippen LogP contribution in [0.3, 0.4) is 0 Å². The molecule has 1 saturated carbocycles. The first kappa shape index (κ1) is 12.5. The van der Waals surface area contributed by atoms with Gasteiger partial charge in [-0.1, -0.05) is 0 Å². The molecule has 0 amide bonds. The molecule has 0 aromatic carbocycles. The Kier molecular flexibility index (Phi) is 3.12. The number of nitrogens with two attached hydrogens (primary N) is 1. The van der Waals surface area contributed by atoms with E-state index in [1.54, 1.807) is 6.92 Å². The van der Waals surface area contributed by atoms with Crippen LogP contribution in [0.5, 0.6) is 0 Å². The highest BCUT2D eigenvalue weighted by Gasteiger charge is 2.48. The monoisotopic (exact) mass is 215 g/mol. The fourth-order valence-corrected chi connectivity index (χ4v) is 1.75. The molecule has 4 heteroatoms. The number of aliphatic hydroxyl groups is 1. The Morgan fingerprint density at radius 2 is 2.00 bits per heavy atom. The summed E-state index contributed by atoms with van der Waals surface area (Å²) in [6.45, 7) is 7.18. The third kappa shape index (κ3) is 2.92. The number of hydrogen-bond donors (Lipinski definition) is 2. The highest BCUT2D eigenvalue weighted by molar-refractivity contribution is 5.74. The van der Waals surface area contributed by atoms with Gasteiger partial charge in [-0.2, -0.15) is 0 Å². The Labute approximate surface area is 90.8 Å². The maximum absolute atomic E-state index is 11.6. The van der Waals surface area contributed by atoms with Crippen LogP contribution in [0.2, 0.25) is 0 Å². The second-order valence-corrected chi connectivity index (χ2v) is 5.55. The Hall–Kier alpha value is -0.610. The molecule has 0 aromatic heterocycles. The molecule has 0 heterocycles. The number of esters is 1. The lowest BCUT2D eigenvalue weighted by molar-refractivity contribution is -0.167. The Balaban J connectivity index is 2.42. The summed E-state index contributed by atoms with van der Waals surface area (Å²) in [6, 6.07) is 0. The zero-order chi connectivity index (χ0) is 11.9. The van der Waals surface area contributed by atoms with Gasteiger partial charge >= 0.3 is 5.97 Å². The van der Waals surface area contributed by atoms with E-state index in [0.717, 1.165) is 0 Å². The summed E-state index contributed by atoms with van der Waals surface area (Å²) >= 11 is 0. The van der Waals surface area contributed by atoms with Crippen molar-refractivity contribution in [3.63, 3.8) is 0 Å². The molecule has 1 fully saturated rings. The van der Waals surface area contributed by atoms with Crippen molar-refractivity contribution in [3.05, 3.63) is 0 Å². The van der Waals surface area contributed by atoms with E-state index < -0.39 is 17.2 Å². The summed E-state index contributed by atoms with van der Waals surface area (Å²) in [5, 5.41) is 9.39. The van der Waals surface area contributed by atoms with Crippen molar-refractivity contribution in [2.75, 3.05) is 0 Å². The van der Waals surface area contributed by atoms with E-state index in [2.05, 4.69) is 0 Å². The molecule has 1 aliphatic rings. The minimum atomic E-state index is -0.596. The lowest BCUT2D eigenvalue weighted by atomic mass is 9.66. The van der Waals surface area contributed by atoms with Crippen molar-refractivity contribution in [1.29, 1.82) is 0 Å². The molecule has 1 atom stereocenters. The lowest BCUT2D eigenvalue weighted by Crippen LogP contribution is -2.61. The average molecular weight is 215 g/mol. The number of rotatable bonds is 2. The third-order valence-corrected chi connectivity index (χ3v) is 2.83. The minimum absolute atomic E-state index is 0.149. The van der Waals surface area contributed by atoms with E-state index in [4.69, 9.17) is 10.5 Å². The summed E-state index contributed by atoms with van der Waals surface area (Å²) in [6.07, 6.45) is 0.454. The predicted molar refractivity (Wildman–Crippen MR) is 57.2 cm³/mol. The van der Waals surface area contributed by atoms with Gasteiger partial charge in [0, 0.05) is 5.54 Å². The van der Waals surface area contributed by atoms with Crippen LogP contribution in [0.1, 0.15) is 40.5 Å². The van der Waals surface area contributed by atoms with Gasteiger partial charge in [-0.15, -0.1) is 0 Å². The first-order valence-electron chi connectivity index (χ1n) is 5.34. The normalized spacial score (nSPS) is 33.1. The van der Waals surface area contributed by atoms with Crippen LogP contribution in [0, 0.1) is 5.92 Å². The van der Waals surface area contributed by atoms with Gasteiger partial charge in [-0.25, -0.2) is 0 Å². The van der Waals surface area contributed by atoms with Gasteiger partial charge in [0.25, 0.3) is 0 Å². The fourth-order valence-electron chi connectivity index (χ4n) is 1.75. The largest absolute Gasteiger partial charge is 0.460 e. The number of ether oxygens (including phenoxy) is 1. The SMILES string of the molecule is C[C@H](O)C1(N)CC(C(=O)OC(C)(C)C)C1. The van der Waals surface area contributed by atoms with E-state index >= 15 is 0 Å². The standard InChI is InChI=1S/C11H21NO3/c1-7(13)11(12)5-8(6-11)9(14)15-10(2,3)4/h7-8,13H,5-6,12H2,1-4H3/t7-,8?,11?/m0/s1. The molecule has 0 spiro atoms. The Morgan fingerprint density at radius 1 is 1.53 bits per heavy atom. The first-order chi connectivity index (χ1) is 6.64. The third-order valence-electron chi connectivity index (χ3n) is 2.83. The molecule has 0 saturated heterocycles. The summed E-state index contributed by atoms with van der Waals surface area (Å²) < 4.78 is 5.24. The highest BCUT2D eigenvalue weighted by atomic mass is 16.6. The van der Waals surface area contributed by atoms with Crippen LogP contribution >= 0.6 is 0 Å². The topological polar surface area (TPSA) is 72.5 Å². The van der Waals surface area contributed by atoms with E-state index in [9.17, 15) is 9.90 Å². The van der Waals surface area contributed by atoms with Crippen molar-refractivity contribution < 1.29 is 14.6 Å². The summed E-state index contributed by atoms with van der Waals surface area (Å²) in [4.78, 5) is 11.6. The molecule has 3 N–H and O–H groups in total. The van der Waals surface area contributed by atoms with E-state index in [-0.39, 0.29) is 11.9 Å². The van der Waals surface area contributed by atoms with Crippen molar-refractivity contribution in [2.24, 2.45) is 11.7 Å². The smallest absolute Gasteiger partial charge is 0.309 e. The number of carbonyl (C=O) groups is 1. The van der Waals surface area contributed by atoms with Crippen LogP contribution in [0.25, 0.3) is 0 Å². The molecule has 88 valence electrons. The van der Waals surface area contributed by atoms with Crippen LogP contribution < -0.4 is 5.73 Å². The van der Waals surface area contributed by atoms with Gasteiger partial charge in [0.2, 0.25) is 0 Å². The van der Waals surface area contributed by atoms with Crippen molar-refractivity contribution in [1.82, 2.24) is 0 Å². The summed E-state index contributed by atoms with van der Waals surface area (Å²) in [7, 11) is 0. The highest BCUT2D eigenvalue weighted by Crippen LogP contribution is 2.39. The Morgan fingerprint density at radius 3 is 2.33 bits per heavy atom. The maximum Gasteiger partial charge on any atom is 0.309 e. The van der Waals surface area contributed by atoms with E-state index in [1.165, 1.54) is 0 Å². The van der Waals surface area contributed by atoms with Crippen molar-refractivity contribution in [2.45, 2.75) is 57.8 Å². The second kappa shape index (κ2) is 3.76. The molecule has 0 aliphatic heterocycles. The minimum Gasteiger partial charge on any atom is -0.460 e. The molecular formula is C11H21NO3. The van der Waals surface area contributed by atoms with Crippen LogP contribution in [-0.4, -0.2) is 28.3 Å². The van der Waals surface area contributed by atoms with Crippen LogP contribution in [0.15, 0.2) is 0 Å². The molecule has 0 bridgehead atoms. The number of hydrogen-bond acceptors (Lipinski definition) is 4. The van der Waals surface area contributed by atoms with Crippen molar-refractivity contribution in [3.8, 4) is 0 Å². The molecule has 1 aliphatic carbocycles. The molecule has 1 rings (SSSR count). The summed E-state index contributed by atoms with van der Waals surface area (Å²) in [5.41, 5.74) is 4.83. The van der Waals surface area contributed by atoms with Gasteiger partial charge in [0.15, 0.2) is 0 Å². The molecule has 15 heavy (non-hydrogen) atoms. The van der Waals surface area contributed by atoms with E-state index in [0.29, 0.717) is 12.8 Å².